The van der Waals surface area contributed by atoms with E-state index >= 15 is 0 Å². The SMILES string of the molecule is CC(=O)O[C@@H]1CN(C(=O)OC(C)(C)C)C[C@H]1CN. The van der Waals surface area contributed by atoms with E-state index in [1.165, 1.54) is 11.8 Å². The lowest BCUT2D eigenvalue weighted by atomic mass is 10.1. The number of carbonyl (C=O) groups excluding carboxylic acids is 2. The third-order valence-corrected chi connectivity index (χ3v) is 2.65. The first-order chi connectivity index (χ1) is 8.23. The number of amides is 1. The molecule has 0 saturated carbocycles. The summed E-state index contributed by atoms with van der Waals surface area (Å²) in [6.45, 7) is 7.96. The van der Waals surface area contributed by atoms with Crippen LogP contribution in [0.4, 0.5) is 4.79 Å². The van der Waals surface area contributed by atoms with Crippen molar-refractivity contribution < 1.29 is 19.1 Å². The van der Waals surface area contributed by atoms with Crippen LogP contribution in [0.5, 0.6) is 0 Å². The molecule has 1 saturated heterocycles. The minimum atomic E-state index is -0.533. The van der Waals surface area contributed by atoms with Crippen molar-refractivity contribution >= 4 is 12.1 Å². The van der Waals surface area contributed by atoms with E-state index in [9.17, 15) is 9.59 Å². The summed E-state index contributed by atoms with van der Waals surface area (Å²) in [7, 11) is 0. The maximum atomic E-state index is 11.9. The van der Waals surface area contributed by atoms with Crippen LogP contribution in [0.3, 0.4) is 0 Å². The summed E-state index contributed by atoms with van der Waals surface area (Å²) < 4.78 is 10.4. The zero-order chi connectivity index (χ0) is 13.9. The summed E-state index contributed by atoms with van der Waals surface area (Å²) in [5.74, 6) is -0.383. The van der Waals surface area contributed by atoms with E-state index in [0.29, 0.717) is 19.6 Å². The Labute approximate surface area is 107 Å². The molecule has 1 aliphatic rings. The first-order valence-corrected chi connectivity index (χ1v) is 6.08. The average molecular weight is 258 g/mol. The molecular weight excluding hydrogens is 236 g/mol. The van der Waals surface area contributed by atoms with E-state index in [4.69, 9.17) is 15.2 Å². The second-order valence-corrected chi connectivity index (χ2v) is 5.53. The van der Waals surface area contributed by atoms with Gasteiger partial charge in [0, 0.05) is 25.9 Å². The molecule has 1 aliphatic heterocycles. The maximum absolute atomic E-state index is 11.9. The Morgan fingerprint density at radius 2 is 1.94 bits per heavy atom. The average Bonchev–Trinajstić information content (AvgIpc) is 2.57. The number of ether oxygens (including phenoxy) is 2. The van der Waals surface area contributed by atoms with Crippen LogP contribution >= 0.6 is 0 Å². The van der Waals surface area contributed by atoms with Crippen molar-refractivity contribution in [2.45, 2.75) is 39.4 Å². The predicted octanol–water partition coefficient (Wildman–Crippen LogP) is 0.744. The number of likely N-dealkylation sites (tertiary alicyclic amines) is 1. The molecule has 0 aromatic rings. The molecule has 1 fully saturated rings. The van der Waals surface area contributed by atoms with Gasteiger partial charge in [0.15, 0.2) is 0 Å². The van der Waals surface area contributed by atoms with Gasteiger partial charge in [0.2, 0.25) is 0 Å². The first-order valence-electron chi connectivity index (χ1n) is 6.08. The van der Waals surface area contributed by atoms with Crippen molar-refractivity contribution in [1.29, 1.82) is 0 Å². The highest BCUT2D eigenvalue weighted by Gasteiger charge is 2.38. The molecule has 6 heteroatoms. The number of hydrogen-bond donors (Lipinski definition) is 1. The molecule has 0 radical (unpaired) electrons. The number of rotatable bonds is 2. The van der Waals surface area contributed by atoms with Crippen LogP contribution in [0.25, 0.3) is 0 Å². The lowest BCUT2D eigenvalue weighted by Gasteiger charge is -2.24. The topological polar surface area (TPSA) is 81.9 Å². The fraction of sp³-hybridized carbons (Fsp3) is 0.833. The molecule has 0 bridgehead atoms. The zero-order valence-electron chi connectivity index (χ0n) is 11.4. The van der Waals surface area contributed by atoms with Gasteiger partial charge in [-0.25, -0.2) is 4.79 Å². The minimum absolute atomic E-state index is 0.0265. The summed E-state index contributed by atoms with van der Waals surface area (Å²) in [6, 6.07) is 0. The molecule has 2 atom stereocenters. The van der Waals surface area contributed by atoms with Crippen molar-refractivity contribution in [1.82, 2.24) is 4.90 Å². The predicted molar refractivity (Wildman–Crippen MR) is 65.9 cm³/mol. The smallest absolute Gasteiger partial charge is 0.410 e. The lowest BCUT2D eigenvalue weighted by molar-refractivity contribution is -0.147. The zero-order valence-corrected chi connectivity index (χ0v) is 11.4. The summed E-state index contributed by atoms with van der Waals surface area (Å²) in [5, 5.41) is 0. The highest BCUT2D eigenvalue weighted by Crippen LogP contribution is 2.21. The summed E-state index contributed by atoms with van der Waals surface area (Å²) in [4.78, 5) is 24.4. The van der Waals surface area contributed by atoms with Gasteiger partial charge in [0.25, 0.3) is 0 Å². The van der Waals surface area contributed by atoms with E-state index in [0.717, 1.165) is 0 Å². The highest BCUT2D eigenvalue weighted by atomic mass is 16.6. The van der Waals surface area contributed by atoms with Crippen molar-refractivity contribution in [2.75, 3.05) is 19.6 Å². The van der Waals surface area contributed by atoms with Gasteiger partial charge in [-0.05, 0) is 20.8 Å². The lowest BCUT2D eigenvalue weighted by Crippen LogP contribution is -2.36. The van der Waals surface area contributed by atoms with E-state index < -0.39 is 11.7 Å². The van der Waals surface area contributed by atoms with E-state index in [-0.39, 0.29) is 18.0 Å². The Hall–Kier alpha value is -1.30. The maximum Gasteiger partial charge on any atom is 0.410 e. The Morgan fingerprint density at radius 1 is 1.33 bits per heavy atom. The molecule has 18 heavy (non-hydrogen) atoms. The third kappa shape index (κ3) is 4.18. The Kier molecular flexibility index (Phi) is 4.56. The van der Waals surface area contributed by atoms with Crippen molar-refractivity contribution in [3.63, 3.8) is 0 Å². The Bertz CT molecular complexity index is 325. The molecular formula is C12H22N2O4. The second kappa shape index (κ2) is 5.56. The highest BCUT2D eigenvalue weighted by molar-refractivity contribution is 5.69. The standard InChI is InChI=1S/C12H22N2O4/c1-8(15)17-10-7-14(6-9(10)5-13)11(16)18-12(2,3)4/h9-10H,5-7,13H2,1-4H3/t9-,10-/m1/s1. The molecule has 2 N–H and O–H groups in total. The van der Waals surface area contributed by atoms with Gasteiger partial charge in [-0.3, -0.25) is 4.79 Å². The molecule has 0 aromatic carbocycles. The number of nitrogens with two attached hydrogens (primary N) is 1. The second-order valence-electron chi connectivity index (χ2n) is 5.53. The quantitative estimate of drug-likeness (QED) is 0.739. The monoisotopic (exact) mass is 258 g/mol. The summed E-state index contributed by atoms with van der Waals surface area (Å²) >= 11 is 0. The van der Waals surface area contributed by atoms with Crippen LogP contribution in [0.15, 0.2) is 0 Å². The molecule has 1 amide bonds. The van der Waals surface area contributed by atoms with Gasteiger partial charge in [-0.15, -0.1) is 0 Å². The van der Waals surface area contributed by atoms with Crippen LogP contribution in [0, 0.1) is 5.92 Å². The minimum Gasteiger partial charge on any atom is -0.460 e. The number of hydrogen-bond acceptors (Lipinski definition) is 5. The molecule has 0 aromatic heterocycles. The first kappa shape index (κ1) is 14.8. The van der Waals surface area contributed by atoms with E-state index in [1.54, 1.807) is 0 Å². The van der Waals surface area contributed by atoms with Crippen LogP contribution in [-0.2, 0) is 14.3 Å². The summed E-state index contributed by atoms with van der Waals surface area (Å²) in [6.07, 6.45) is -0.726. The molecule has 1 rings (SSSR count). The van der Waals surface area contributed by atoms with E-state index in [1.807, 2.05) is 20.8 Å². The Morgan fingerprint density at radius 3 is 2.39 bits per heavy atom. The molecule has 0 unspecified atom stereocenters. The molecule has 6 nitrogen and oxygen atoms in total. The van der Waals surface area contributed by atoms with Crippen molar-refractivity contribution in [3.8, 4) is 0 Å². The van der Waals surface area contributed by atoms with Gasteiger partial charge in [0.05, 0.1) is 6.54 Å². The van der Waals surface area contributed by atoms with Crippen LogP contribution in [-0.4, -0.2) is 48.3 Å². The number of nitrogens with zero attached hydrogens (tertiary/aromatic N) is 1. The normalized spacial score (nSPS) is 23.9. The Balaban J connectivity index is 2.60. The number of esters is 1. The van der Waals surface area contributed by atoms with Gasteiger partial charge < -0.3 is 20.1 Å². The van der Waals surface area contributed by atoms with Crippen LogP contribution in [0.2, 0.25) is 0 Å². The van der Waals surface area contributed by atoms with Gasteiger partial charge in [-0.1, -0.05) is 0 Å². The van der Waals surface area contributed by atoms with Gasteiger partial charge >= 0.3 is 12.1 Å². The fourth-order valence-corrected chi connectivity index (χ4v) is 1.89. The van der Waals surface area contributed by atoms with Crippen LogP contribution in [0.1, 0.15) is 27.7 Å². The molecule has 1 heterocycles. The van der Waals surface area contributed by atoms with Gasteiger partial charge in [-0.2, -0.15) is 0 Å². The molecule has 104 valence electrons. The van der Waals surface area contributed by atoms with Crippen LogP contribution < -0.4 is 5.73 Å². The van der Waals surface area contributed by atoms with E-state index in [2.05, 4.69) is 0 Å². The molecule has 0 aliphatic carbocycles. The van der Waals surface area contributed by atoms with Crippen molar-refractivity contribution in [3.05, 3.63) is 0 Å². The third-order valence-electron chi connectivity index (χ3n) is 2.65. The largest absolute Gasteiger partial charge is 0.460 e. The van der Waals surface area contributed by atoms with Gasteiger partial charge in [0.1, 0.15) is 11.7 Å². The number of carbonyl (C=O) groups is 2. The summed E-state index contributed by atoms with van der Waals surface area (Å²) in [5.41, 5.74) is 5.09. The molecule has 0 spiro atoms. The van der Waals surface area contributed by atoms with Crippen molar-refractivity contribution in [2.24, 2.45) is 11.7 Å². The fourth-order valence-electron chi connectivity index (χ4n) is 1.89.